The van der Waals surface area contributed by atoms with Crippen molar-refractivity contribution in [1.29, 1.82) is 0 Å². The predicted octanol–water partition coefficient (Wildman–Crippen LogP) is 3.89. The zero-order valence-corrected chi connectivity index (χ0v) is 12.6. The zero-order chi connectivity index (χ0) is 13.1. The van der Waals surface area contributed by atoms with Gasteiger partial charge in [0, 0.05) is 5.56 Å². The first-order valence-electron chi connectivity index (χ1n) is 7.46. The predicted molar refractivity (Wildman–Crippen MR) is 81.3 cm³/mol. The molecule has 1 heterocycles. The average Bonchev–Trinajstić information content (AvgIpc) is 2.39. The van der Waals surface area contributed by atoms with Gasteiger partial charge in [-0.2, -0.15) is 0 Å². The highest BCUT2D eigenvalue weighted by Gasteiger charge is 2.23. The van der Waals surface area contributed by atoms with E-state index in [4.69, 9.17) is 4.74 Å². The molecule has 0 amide bonds. The Morgan fingerprint density at radius 1 is 1.15 bits per heavy atom. The minimum absolute atomic E-state index is 0. The second kappa shape index (κ2) is 7.28. The third-order valence-corrected chi connectivity index (χ3v) is 4.46. The van der Waals surface area contributed by atoms with Crippen LogP contribution in [0.4, 0.5) is 4.39 Å². The molecule has 0 unspecified atom stereocenters. The van der Waals surface area contributed by atoms with Gasteiger partial charge in [-0.05, 0) is 56.7 Å². The van der Waals surface area contributed by atoms with Gasteiger partial charge in [-0.1, -0.05) is 18.6 Å². The standard InChI is InChI=1S/C16H22FNO.ClH/c17-15-6-2-5-14(13-7-9-18-10-8-13)16(15)19-11-12-3-1-4-12;/h2,5-6,12-13,18H,1,3-4,7-11H2;1H. The normalized spacial score (nSPS) is 20.1. The van der Waals surface area contributed by atoms with Crippen LogP contribution >= 0.6 is 12.4 Å². The fraction of sp³-hybridized carbons (Fsp3) is 0.625. The number of rotatable bonds is 4. The molecule has 112 valence electrons. The van der Waals surface area contributed by atoms with Crippen molar-refractivity contribution in [3.8, 4) is 5.75 Å². The maximum absolute atomic E-state index is 14.0. The molecule has 1 aliphatic carbocycles. The molecule has 2 aliphatic rings. The Kier molecular flexibility index (Phi) is 5.67. The summed E-state index contributed by atoms with van der Waals surface area (Å²) in [5.74, 6) is 1.39. The van der Waals surface area contributed by atoms with E-state index >= 15 is 0 Å². The first-order chi connectivity index (χ1) is 9.34. The molecule has 0 bridgehead atoms. The Morgan fingerprint density at radius 2 is 1.90 bits per heavy atom. The molecule has 1 aliphatic heterocycles. The maximum atomic E-state index is 14.0. The highest BCUT2D eigenvalue weighted by Crippen LogP contribution is 2.35. The molecule has 1 N–H and O–H groups in total. The molecule has 0 atom stereocenters. The molecule has 0 spiro atoms. The topological polar surface area (TPSA) is 21.3 Å². The second-order valence-corrected chi connectivity index (χ2v) is 5.79. The van der Waals surface area contributed by atoms with E-state index in [1.807, 2.05) is 12.1 Å². The van der Waals surface area contributed by atoms with Crippen LogP contribution in [0.25, 0.3) is 0 Å². The minimum Gasteiger partial charge on any atom is -0.490 e. The van der Waals surface area contributed by atoms with E-state index in [-0.39, 0.29) is 18.2 Å². The fourth-order valence-corrected chi connectivity index (χ4v) is 2.99. The Balaban J connectivity index is 0.00000147. The molecule has 1 saturated heterocycles. The fourth-order valence-electron chi connectivity index (χ4n) is 2.99. The zero-order valence-electron chi connectivity index (χ0n) is 11.7. The van der Waals surface area contributed by atoms with Crippen LogP contribution in [0, 0.1) is 11.7 Å². The van der Waals surface area contributed by atoms with Gasteiger partial charge in [-0.3, -0.25) is 0 Å². The van der Waals surface area contributed by atoms with Gasteiger partial charge in [0.05, 0.1) is 6.61 Å². The van der Waals surface area contributed by atoms with Crippen LogP contribution in [0.15, 0.2) is 18.2 Å². The van der Waals surface area contributed by atoms with Crippen molar-refractivity contribution in [2.75, 3.05) is 19.7 Å². The summed E-state index contributed by atoms with van der Waals surface area (Å²) in [6.45, 7) is 2.71. The maximum Gasteiger partial charge on any atom is 0.165 e. The van der Waals surface area contributed by atoms with Gasteiger partial charge < -0.3 is 10.1 Å². The van der Waals surface area contributed by atoms with Crippen molar-refractivity contribution in [2.24, 2.45) is 5.92 Å². The lowest BCUT2D eigenvalue weighted by atomic mass is 9.86. The SMILES string of the molecule is Cl.Fc1cccc(C2CCNCC2)c1OCC1CCC1. The number of hydrogen-bond donors (Lipinski definition) is 1. The third-order valence-electron chi connectivity index (χ3n) is 4.46. The lowest BCUT2D eigenvalue weighted by molar-refractivity contribution is 0.173. The number of halogens is 2. The number of para-hydroxylation sites is 1. The minimum atomic E-state index is -0.199. The van der Waals surface area contributed by atoms with Crippen LogP contribution in [-0.2, 0) is 0 Å². The largest absolute Gasteiger partial charge is 0.490 e. The van der Waals surface area contributed by atoms with Gasteiger partial charge in [-0.25, -0.2) is 4.39 Å². The van der Waals surface area contributed by atoms with E-state index in [0.717, 1.165) is 31.5 Å². The van der Waals surface area contributed by atoms with E-state index in [9.17, 15) is 4.39 Å². The van der Waals surface area contributed by atoms with E-state index in [1.54, 1.807) is 0 Å². The Hall–Kier alpha value is -0.800. The number of hydrogen-bond acceptors (Lipinski definition) is 2. The quantitative estimate of drug-likeness (QED) is 0.910. The van der Waals surface area contributed by atoms with Gasteiger partial charge >= 0.3 is 0 Å². The summed E-state index contributed by atoms with van der Waals surface area (Å²) >= 11 is 0. The molecule has 4 heteroatoms. The number of ether oxygens (including phenoxy) is 1. The Morgan fingerprint density at radius 3 is 2.55 bits per heavy atom. The smallest absolute Gasteiger partial charge is 0.165 e. The average molecular weight is 300 g/mol. The van der Waals surface area contributed by atoms with E-state index in [2.05, 4.69) is 5.32 Å². The molecule has 3 rings (SSSR count). The number of piperidine rings is 1. The Bertz CT molecular complexity index is 430. The van der Waals surface area contributed by atoms with Crippen LogP contribution in [0.1, 0.15) is 43.6 Å². The van der Waals surface area contributed by atoms with Gasteiger partial charge in [0.15, 0.2) is 11.6 Å². The molecule has 1 saturated carbocycles. The van der Waals surface area contributed by atoms with Crippen molar-refractivity contribution in [1.82, 2.24) is 5.32 Å². The first kappa shape index (κ1) is 15.6. The van der Waals surface area contributed by atoms with Crippen molar-refractivity contribution in [3.63, 3.8) is 0 Å². The summed E-state index contributed by atoms with van der Waals surface area (Å²) in [7, 11) is 0. The first-order valence-corrected chi connectivity index (χ1v) is 7.46. The lowest BCUT2D eigenvalue weighted by Crippen LogP contribution is -2.27. The molecule has 0 aromatic heterocycles. The molecule has 20 heavy (non-hydrogen) atoms. The Labute approximate surface area is 126 Å². The molecular formula is C16H23ClFNO. The molecule has 2 fully saturated rings. The number of benzene rings is 1. The van der Waals surface area contributed by atoms with Gasteiger partial charge in [0.2, 0.25) is 0 Å². The summed E-state index contributed by atoms with van der Waals surface area (Å²) in [5.41, 5.74) is 1.07. The van der Waals surface area contributed by atoms with Crippen molar-refractivity contribution >= 4 is 12.4 Å². The van der Waals surface area contributed by atoms with Crippen molar-refractivity contribution in [3.05, 3.63) is 29.6 Å². The van der Waals surface area contributed by atoms with Gasteiger partial charge in [-0.15, -0.1) is 12.4 Å². The van der Waals surface area contributed by atoms with Crippen LogP contribution < -0.4 is 10.1 Å². The number of nitrogens with one attached hydrogen (secondary N) is 1. The summed E-state index contributed by atoms with van der Waals surface area (Å²) in [5, 5.41) is 3.35. The van der Waals surface area contributed by atoms with Crippen LogP contribution in [0.5, 0.6) is 5.75 Å². The summed E-state index contributed by atoms with van der Waals surface area (Å²) in [6, 6.07) is 5.36. The molecular weight excluding hydrogens is 277 g/mol. The highest BCUT2D eigenvalue weighted by molar-refractivity contribution is 5.85. The third kappa shape index (κ3) is 3.44. The van der Waals surface area contributed by atoms with Crippen molar-refractivity contribution < 1.29 is 9.13 Å². The molecule has 1 aromatic rings. The lowest BCUT2D eigenvalue weighted by Gasteiger charge is -2.28. The summed E-state index contributed by atoms with van der Waals surface area (Å²) in [6.07, 6.45) is 5.91. The van der Waals surface area contributed by atoms with Crippen molar-refractivity contribution in [2.45, 2.75) is 38.0 Å². The van der Waals surface area contributed by atoms with Crippen LogP contribution in [0.3, 0.4) is 0 Å². The molecule has 1 aromatic carbocycles. The second-order valence-electron chi connectivity index (χ2n) is 5.79. The van der Waals surface area contributed by atoms with E-state index in [0.29, 0.717) is 24.2 Å². The molecule has 2 nitrogen and oxygen atoms in total. The molecule has 0 radical (unpaired) electrons. The summed E-state index contributed by atoms with van der Waals surface area (Å²) < 4.78 is 19.9. The van der Waals surface area contributed by atoms with E-state index in [1.165, 1.54) is 25.3 Å². The highest BCUT2D eigenvalue weighted by atomic mass is 35.5. The van der Waals surface area contributed by atoms with Crippen LogP contribution in [-0.4, -0.2) is 19.7 Å². The monoisotopic (exact) mass is 299 g/mol. The summed E-state index contributed by atoms with van der Waals surface area (Å²) in [4.78, 5) is 0. The van der Waals surface area contributed by atoms with Gasteiger partial charge in [0.1, 0.15) is 0 Å². The van der Waals surface area contributed by atoms with E-state index < -0.39 is 0 Å². The van der Waals surface area contributed by atoms with Gasteiger partial charge in [0.25, 0.3) is 0 Å². The van der Waals surface area contributed by atoms with Crippen LogP contribution in [0.2, 0.25) is 0 Å².